The number of pyridine rings is 1. The zero-order valence-corrected chi connectivity index (χ0v) is 17.1. The van der Waals surface area contributed by atoms with Crippen LogP contribution in [-0.2, 0) is 0 Å². The van der Waals surface area contributed by atoms with Gasteiger partial charge in [0.1, 0.15) is 0 Å². The van der Waals surface area contributed by atoms with Crippen LogP contribution in [0.3, 0.4) is 0 Å². The van der Waals surface area contributed by atoms with Gasteiger partial charge in [-0.3, -0.25) is 4.98 Å². The van der Waals surface area contributed by atoms with Gasteiger partial charge in [-0.25, -0.2) is 5.01 Å². The van der Waals surface area contributed by atoms with Gasteiger partial charge in [-0.2, -0.15) is 5.10 Å². The SMILES string of the molecule is COc1cccc2c1O[C@@H](c1ccc(SC)cc1)N1N=C(c3cccnc3)C[C@@H]21. The standard InChI is InChI=1S/C23H21N3O2S/c1-27-21-7-3-6-18-20-13-19(16-5-4-12-24-14-16)25-26(20)23(28-22(18)21)15-8-10-17(29-2)11-9-15/h3-12,14,20,23H,13H2,1-2H3/t20-,23-/m0/s1. The minimum absolute atomic E-state index is 0.0919. The summed E-state index contributed by atoms with van der Waals surface area (Å²) in [4.78, 5) is 5.48. The Morgan fingerprint density at radius 3 is 2.69 bits per heavy atom. The summed E-state index contributed by atoms with van der Waals surface area (Å²) in [5, 5.41) is 7.06. The highest BCUT2D eigenvalue weighted by atomic mass is 32.2. The Balaban J connectivity index is 1.60. The number of fused-ring (bicyclic) bond motifs is 3. The smallest absolute Gasteiger partial charge is 0.214 e. The molecule has 5 nitrogen and oxygen atoms in total. The highest BCUT2D eigenvalue weighted by Gasteiger charge is 2.42. The monoisotopic (exact) mass is 403 g/mol. The number of methoxy groups -OCH3 is 1. The van der Waals surface area contributed by atoms with E-state index in [0.717, 1.165) is 40.3 Å². The molecule has 0 N–H and O–H groups in total. The van der Waals surface area contributed by atoms with E-state index in [4.69, 9.17) is 14.6 Å². The molecular weight excluding hydrogens is 382 g/mol. The van der Waals surface area contributed by atoms with Crippen molar-refractivity contribution in [2.75, 3.05) is 13.4 Å². The average molecular weight is 404 g/mol. The van der Waals surface area contributed by atoms with Crippen LogP contribution in [0, 0.1) is 0 Å². The van der Waals surface area contributed by atoms with E-state index in [2.05, 4.69) is 52.6 Å². The number of thioether (sulfide) groups is 1. The van der Waals surface area contributed by atoms with E-state index in [0.29, 0.717) is 0 Å². The maximum absolute atomic E-state index is 6.48. The lowest BCUT2D eigenvalue weighted by atomic mass is 9.96. The van der Waals surface area contributed by atoms with E-state index in [9.17, 15) is 0 Å². The quantitative estimate of drug-likeness (QED) is 0.570. The van der Waals surface area contributed by atoms with Crippen LogP contribution in [0.1, 0.15) is 35.4 Å². The van der Waals surface area contributed by atoms with Crippen LogP contribution >= 0.6 is 11.8 Å². The fourth-order valence-corrected chi connectivity index (χ4v) is 4.35. The number of benzene rings is 2. The van der Waals surface area contributed by atoms with Gasteiger partial charge in [-0.15, -0.1) is 11.8 Å². The highest BCUT2D eigenvalue weighted by molar-refractivity contribution is 7.98. The summed E-state index contributed by atoms with van der Waals surface area (Å²) in [5.74, 6) is 1.56. The molecule has 0 radical (unpaired) electrons. The van der Waals surface area contributed by atoms with Gasteiger partial charge in [0.15, 0.2) is 11.5 Å². The zero-order valence-electron chi connectivity index (χ0n) is 16.3. The van der Waals surface area contributed by atoms with Crippen LogP contribution in [-0.4, -0.2) is 29.1 Å². The lowest BCUT2D eigenvalue weighted by molar-refractivity contribution is -0.0209. The molecule has 0 unspecified atom stereocenters. The molecule has 146 valence electrons. The molecule has 0 amide bonds. The molecule has 0 saturated heterocycles. The van der Waals surface area contributed by atoms with Crippen LogP contribution < -0.4 is 9.47 Å². The van der Waals surface area contributed by atoms with E-state index < -0.39 is 0 Å². The molecule has 0 aliphatic carbocycles. The first-order chi connectivity index (χ1) is 14.3. The van der Waals surface area contributed by atoms with Gasteiger partial charge in [0.05, 0.1) is 18.9 Å². The topological polar surface area (TPSA) is 47.0 Å². The first-order valence-corrected chi connectivity index (χ1v) is 10.7. The Labute approximate surface area is 174 Å². The Morgan fingerprint density at radius 1 is 1.10 bits per heavy atom. The van der Waals surface area contributed by atoms with Gasteiger partial charge in [0.25, 0.3) is 0 Å². The average Bonchev–Trinajstić information content (AvgIpc) is 3.24. The summed E-state index contributed by atoms with van der Waals surface area (Å²) in [6.45, 7) is 0. The molecule has 0 spiro atoms. The van der Waals surface area contributed by atoms with Gasteiger partial charge in [-0.1, -0.05) is 30.3 Å². The summed E-state index contributed by atoms with van der Waals surface area (Å²) in [6, 6.07) is 18.6. The minimum Gasteiger partial charge on any atom is -0.493 e. The molecule has 0 fully saturated rings. The fourth-order valence-electron chi connectivity index (χ4n) is 3.94. The third-order valence-electron chi connectivity index (χ3n) is 5.40. The van der Waals surface area contributed by atoms with Crippen LogP contribution in [0.5, 0.6) is 11.5 Å². The molecular formula is C23H21N3O2S. The van der Waals surface area contributed by atoms with Gasteiger partial charge < -0.3 is 9.47 Å². The van der Waals surface area contributed by atoms with Crippen molar-refractivity contribution in [3.05, 3.63) is 83.7 Å². The second kappa shape index (κ2) is 7.44. The van der Waals surface area contributed by atoms with Crippen molar-refractivity contribution in [2.45, 2.75) is 23.6 Å². The molecule has 3 aromatic rings. The summed E-state index contributed by atoms with van der Waals surface area (Å²) >= 11 is 1.73. The van der Waals surface area contributed by atoms with Crippen molar-refractivity contribution in [2.24, 2.45) is 5.10 Å². The molecule has 0 bridgehead atoms. The first-order valence-electron chi connectivity index (χ1n) is 9.52. The lowest BCUT2D eigenvalue weighted by Gasteiger charge is -2.38. The Bertz CT molecular complexity index is 1050. The molecule has 2 aliphatic rings. The molecule has 29 heavy (non-hydrogen) atoms. The number of para-hydroxylation sites is 1. The molecule has 6 heteroatoms. The van der Waals surface area contributed by atoms with E-state index in [1.807, 2.05) is 24.4 Å². The van der Waals surface area contributed by atoms with Crippen LogP contribution in [0.15, 0.2) is 77.0 Å². The van der Waals surface area contributed by atoms with Gasteiger partial charge in [0.2, 0.25) is 6.23 Å². The van der Waals surface area contributed by atoms with Crippen molar-refractivity contribution in [3.63, 3.8) is 0 Å². The summed E-state index contributed by atoms with van der Waals surface area (Å²) in [7, 11) is 1.68. The maximum Gasteiger partial charge on any atom is 0.214 e. The summed E-state index contributed by atoms with van der Waals surface area (Å²) < 4.78 is 12.1. The summed E-state index contributed by atoms with van der Waals surface area (Å²) in [5.41, 5.74) is 4.24. The van der Waals surface area contributed by atoms with E-state index in [1.165, 1.54) is 4.90 Å². The van der Waals surface area contributed by atoms with Crippen molar-refractivity contribution in [1.82, 2.24) is 9.99 Å². The molecule has 0 saturated carbocycles. The Hall–Kier alpha value is -2.99. The van der Waals surface area contributed by atoms with Gasteiger partial charge >= 0.3 is 0 Å². The maximum atomic E-state index is 6.48. The lowest BCUT2D eigenvalue weighted by Crippen LogP contribution is -2.33. The number of aromatic nitrogens is 1. The number of ether oxygens (including phenoxy) is 2. The van der Waals surface area contributed by atoms with Crippen LogP contribution in [0.25, 0.3) is 0 Å². The van der Waals surface area contributed by atoms with Crippen molar-refractivity contribution in [1.29, 1.82) is 0 Å². The molecule has 2 aliphatic heterocycles. The van der Waals surface area contributed by atoms with Crippen molar-refractivity contribution in [3.8, 4) is 11.5 Å². The first kappa shape index (κ1) is 18.1. The van der Waals surface area contributed by atoms with Crippen LogP contribution in [0.2, 0.25) is 0 Å². The summed E-state index contributed by atoms with van der Waals surface area (Å²) in [6.07, 6.45) is 6.22. The normalized spacial score (nSPS) is 19.8. The third kappa shape index (κ3) is 3.13. The number of hydrogen-bond acceptors (Lipinski definition) is 6. The zero-order chi connectivity index (χ0) is 19.8. The number of nitrogens with zero attached hydrogens (tertiary/aromatic N) is 3. The number of hydrogen-bond donors (Lipinski definition) is 0. The third-order valence-corrected chi connectivity index (χ3v) is 6.14. The molecule has 1 aromatic heterocycles. The second-order valence-electron chi connectivity index (χ2n) is 7.01. The minimum atomic E-state index is -0.311. The Kier molecular flexibility index (Phi) is 4.64. The predicted octanol–water partition coefficient (Wildman–Crippen LogP) is 5.05. The second-order valence-corrected chi connectivity index (χ2v) is 7.89. The van der Waals surface area contributed by atoms with Crippen LogP contribution in [0.4, 0.5) is 0 Å². The molecule has 3 heterocycles. The van der Waals surface area contributed by atoms with Crippen molar-refractivity contribution >= 4 is 17.5 Å². The molecule has 5 rings (SSSR count). The van der Waals surface area contributed by atoms with E-state index >= 15 is 0 Å². The van der Waals surface area contributed by atoms with Gasteiger partial charge in [-0.05, 0) is 30.5 Å². The highest BCUT2D eigenvalue weighted by Crippen LogP contribution is 2.50. The number of hydrazone groups is 1. The van der Waals surface area contributed by atoms with E-state index in [1.54, 1.807) is 25.1 Å². The van der Waals surface area contributed by atoms with E-state index in [-0.39, 0.29) is 12.3 Å². The van der Waals surface area contributed by atoms with Crippen molar-refractivity contribution < 1.29 is 9.47 Å². The molecule has 2 aromatic carbocycles. The predicted molar refractivity (Wildman–Crippen MR) is 115 cm³/mol. The van der Waals surface area contributed by atoms with Gasteiger partial charge in [0, 0.05) is 40.4 Å². The Morgan fingerprint density at radius 2 is 1.97 bits per heavy atom. The largest absolute Gasteiger partial charge is 0.493 e. The molecule has 2 atom stereocenters. The number of rotatable bonds is 4. The fraction of sp³-hybridized carbons (Fsp3) is 0.217.